The molecule has 3 unspecified atom stereocenters. The van der Waals surface area contributed by atoms with Crippen molar-refractivity contribution in [2.24, 2.45) is 29.6 Å². The molecule has 2 aliphatic rings. The minimum absolute atomic E-state index is 0. The average molecular weight is 838 g/mol. The van der Waals surface area contributed by atoms with Crippen molar-refractivity contribution in [1.29, 1.82) is 0 Å². The molecular weight excluding hydrogens is 746 g/mol. The first-order valence-electron chi connectivity index (χ1n) is 22.9. The van der Waals surface area contributed by atoms with Gasteiger partial charge in [0.05, 0.1) is 0 Å². The third-order valence-electron chi connectivity index (χ3n) is 11.7. The van der Waals surface area contributed by atoms with Crippen LogP contribution in [0.2, 0.25) is 0 Å². The number of hydrogen-bond donors (Lipinski definition) is 0. The van der Waals surface area contributed by atoms with Crippen LogP contribution in [0.15, 0.2) is 60.2 Å². The second-order valence-electron chi connectivity index (χ2n) is 16.5. The Balaban J connectivity index is 0. The van der Waals surface area contributed by atoms with Crippen LogP contribution in [-0.4, -0.2) is 11.5 Å². The van der Waals surface area contributed by atoms with E-state index in [-0.39, 0.29) is 40.1 Å². The summed E-state index contributed by atoms with van der Waals surface area (Å²) < 4.78 is 0. The van der Waals surface area contributed by atoms with Gasteiger partial charge in [0.1, 0.15) is 0 Å². The largest absolute Gasteiger partial charge is 0.358 e. The minimum Gasteiger partial charge on any atom is -0.358 e. The van der Waals surface area contributed by atoms with E-state index in [1.54, 1.807) is 5.92 Å². The van der Waals surface area contributed by atoms with Crippen LogP contribution >= 0.6 is 11.8 Å². The van der Waals surface area contributed by atoms with Crippen LogP contribution in [0.25, 0.3) is 0 Å². The molecule has 1 aromatic rings. The summed E-state index contributed by atoms with van der Waals surface area (Å²) in [7, 11) is 0. The first kappa shape index (κ1) is 55.9. The van der Waals surface area contributed by atoms with E-state index in [1.807, 2.05) is 0 Å². The van der Waals surface area contributed by atoms with Crippen molar-refractivity contribution >= 4 is 11.8 Å². The second kappa shape index (κ2) is 38.3. The van der Waals surface area contributed by atoms with E-state index < -0.39 is 0 Å². The molecule has 1 radical (unpaired) electrons. The normalized spacial score (nSPS) is 21.4. The van der Waals surface area contributed by atoms with Crippen molar-refractivity contribution in [3.05, 3.63) is 84.7 Å². The van der Waals surface area contributed by atoms with Crippen LogP contribution in [0, 0.1) is 42.9 Å². The third kappa shape index (κ3) is 25.2. The summed E-state index contributed by atoms with van der Waals surface area (Å²) in [6, 6.07) is 9.66. The molecule has 2 saturated carbocycles. The van der Waals surface area contributed by atoms with Crippen molar-refractivity contribution in [1.82, 2.24) is 0 Å². The smallest absolute Gasteiger partial charge is 0 e. The van der Waals surface area contributed by atoms with Crippen molar-refractivity contribution in [2.45, 2.75) is 204 Å². The molecule has 0 saturated heterocycles. The molecule has 54 heavy (non-hydrogen) atoms. The molecule has 3 atom stereocenters. The molecule has 0 aliphatic heterocycles. The number of allylic oxidation sites excluding steroid dienone is 6. The van der Waals surface area contributed by atoms with Crippen LogP contribution in [0.1, 0.15) is 208 Å². The van der Waals surface area contributed by atoms with Gasteiger partial charge in [-0.25, -0.2) is 0 Å². The predicted molar refractivity (Wildman–Crippen MR) is 248 cm³/mol. The molecule has 0 N–H and O–H groups in total. The maximum atomic E-state index is 2.51. The Bertz CT molecular complexity index is 1010. The molecule has 2 heteroatoms. The summed E-state index contributed by atoms with van der Waals surface area (Å²) in [5.74, 6) is 8.43. The fourth-order valence-electron chi connectivity index (χ4n) is 8.23. The zero-order valence-electron chi connectivity index (χ0n) is 38.0. The van der Waals surface area contributed by atoms with Gasteiger partial charge in [-0.05, 0) is 99.4 Å². The third-order valence-corrected chi connectivity index (χ3v) is 12.8. The number of benzene rings is 1. The van der Waals surface area contributed by atoms with E-state index in [9.17, 15) is 0 Å². The van der Waals surface area contributed by atoms with Gasteiger partial charge in [-0.15, -0.1) is 47.4 Å². The van der Waals surface area contributed by atoms with Crippen LogP contribution in [-0.2, 0) is 39.1 Å². The van der Waals surface area contributed by atoms with Gasteiger partial charge in [-0.1, -0.05) is 175 Å². The molecular formula is C52H92SY-2. The minimum atomic E-state index is 0. The maximum absolute atomic E-state index is 2.51. The number of hydrogen-bond acceptors (Lipinski definition) is 1. The fraction of sp³-hybridized carbons (Fsp3) is 0.731. The molecule has 0 heterocycles. The standard InChI is InChI=1S/C39H61S.C7H16.C5H12.CH3.Y/c1-6-9-14-28-40-29-15-12-11-13-17-35(16-10-7-2)39(36-25-21-33(8-3)22-26-36)38-30-32(5)20-27-37(38)34-23-18-31(4)19-24-34;1-3-5-7-6-4-2;1-3-5-4-2;;/h7,10,13,16-17,21-22,25-26,31-32,34,37-38H,6,8-9,11-12,14-15,18-20,23-24,27-30H2,1-5H3;3-7H2,1-2H3;3-5H2,1-2H3;1H3;/q-1;;;-1;/b10-7+,17-13-,35-16+;;;;. The molecule has 0 aromatic heterocycles. The molecule has 2 aliphatic carbocycles. The predicted octanol–water partition coefficient (Wildman–Crippen LogP) is 17.8. The quantitative estimate of drug-likeness (QED) is 0.0637. The van der Waals surface area contributed by atoms with Gasteiger partial charge >= 0.3 is 0 Å². The number of thioether (sulfide) groups is 1. The zero-order chi connectivity index (χ0) is 38.2. The molecule has 2 fully saturated rings. The molecule has 0 nitrogen and oxygen atoms in total. The van der Waals surface area contributed by atoms with Gasteiger partial charge in [0.2, 0.25) is 0 Å². The topological polar surface area (TPSA) is 0 Å². The molecule has 1 aromatic carbocycles. The molecule has 311 valence electrons. The number of unbranched alkanes of at least 4 members (excludes halogenated alkanes) is 10. The molecule has 3 rings (SSSR count). The molecule has 0 spiro atoms. The second-order valence-corrected chi connectivity index (χ2v) is 17.7. The van der Waals surface area contributed by atoms with E-state index >= 15 is 0 Å². The summed E-state index contributed by atoms with van der Waals surface area (Å²) in [6.45, 7) is 20.6. The monoisotopic (exact) mass is 838 g/mol. The maximum Gasteiger partial charge on any atom is 0 e. The van der Waals surface area contributed by atoms with Crippen molar-refractivity contribution in [3.8, 4) is 0 Å². The first-order valence-corrected chi connectivity index (χ1v) is 24.1. The Kier molecular flexibility index (Phi) is 39.6. The van der Waals surface area contributed by atoms with Crippen LogP contribution in [0.4, 0.5) is 0 Å². The average Bonchev–Trinajstić information content (AvgIpc) is 3.16. The Morgan fingerprint density at radius 2 is 1.24 bits per heavy atom. The molecule has 0 bridgehead atoms. The van der Waals surface area contributed by atoms with Gasteiger partial charge in [0, 0.05) is 32.7 Å². The van der Waals surface area contributed by atoms with Gasteiger partial charge in [-0.3, -0.25) is 0 Å². The van der Waals surface area contributed by atoms with E-state index in [1.165, 1.54) is 163 Å². The van der Waals surface area contributed by atoms with Gasteiger partial charge in [0.25, 0.3) is 0 Å². The van der Waals surface area contributed by atoms with Crippen LogP contribution in [0.5, 0.6) is 0 Å². The van der Waals surface area contributed by atoms with Crippen molar-refractivity contribution < 1.29 is 32.7 Å². The Morgan fingerprint density at radius 3 is 1.78 bits per heavy atom. The molecule has 0 amide bonds. The zero-order valence-corrected chi connectivity index (χ0v) is 41.7. The van der Waals surface area contributed by atoms with E-state index in [0.717, 1.165) is 30.1 Å². The summed E-state index contributed by atoms with van der Waals surface area (Å²) >= 11 is 2.16. The fourth-order valence-corrected chi connectivity index (χ4v) is 9.25. The van der Waals surface area contributed by atoms with Crippen molar-refractivity contribution in [3.63, 3.8) is 0 Å². The Hall–Kier alpha value is -0.236. The van der Waals surface area contributed by atoms with Crippen LogP contribution < -0.4 is 0 Å². The Morgan fingerprint density at radius 1 is 0.685 bits per heavy atom. The number of rotatable bonds is 22. The van der Waals surface area contributed by atoms with E-state index in [4.69, 9.17) is 0 Å². The SMILES string of the molecule is C/C=C/C=C(\C=C/CCCCSCCCCC)[C-](c1ccc(CC)cc1)C1CC(C)CCC1C1CCC(C)CC1.CCCCC.CCCCCCC.[CH3-].[Y]. The summed E-state index contributed by atoms with van der Waals surface area (Å²) in [4.78, 5) is 0. The van der Waals surface area contributed by atoms with Gasteiger partial charge < -0.3 is 7.43 Å². The van der Waals surface area contributed by atoms with E-state index in [2.05, 4.69) is 129 Å². The van der Waals surface area contributed by atoms with Gasteiger partial charge in [0.15, 0.2) is 0 Å². The summed E-state index contributed by atoms with van der Waals surface area (Å²) in [5, 5.41) is 0. The Labute approximate surface area is 371 Å². The first-order chi connectivity index (χ1) is 25.4. The summed E-state index contributed by atoms with van der Waals surface area (Å²) in [6.07, 6.45) is 41.9. The summed E-state index contributed by atoms with van der Waals surface area (Å²) in [5.41, 5.74) is 4.37. The van der Waals surface area contributed by atoms with Gasteiger partial charge in [-0.2, -0.15) is 11.8 Å². The number of aryl methyl sites for hydroxylation is 1. The van der Waals surface area contributed by atoms with Crippen LogP contribution in [0.3, 0.4) is 0 Å². The van der Waals surface area contributed by atoms with Crippen molar-refractivity contribution in [2.75, 3.05) is 11.5 Å². The van der Waals surface area contributed by atoms with E-state index in [0.29, 0.717) is 5.92 Å².